The van der Waals surface area contributed by atoms with Gasteiger partial charge in [-0.15, -0.1) is 5.10 Å². The summed E-state index contributed by atoms with van der Waals surface area (Å²) >= 11 is 0. The molecule has 4 nitrogen and oxygen atoms in total. The summed E-state index contributed by atoms with van der Waals surface area (Å²) < 4.78 is 1.79. The van der Waals surface area contributed by atoms with Gasteiger partial charge >= 0.3 is 0 Å². The summed E-state index contributed by atoms with van der Waals surface area (Å²) in [4.78, 5) is 4.20. The van der Waals surface area contributed by atoms with Gasteiger partial charge in [-0.25, -0.2) is 9.67 Å². The smallest absolute Gasteiger partial charge is 0.164 e. The van der Waals surface area contributed by atoms with E-state index in [2.05, 4.69) is 34.5 Å². The average molecular weight is 202 g/mol. The third kappa shape index (κ3) is 2.22. The Morgan fingerprint density at radius 1 is 1.40 bits per heavy atom. The lowest BCUT2D eigenvalue weighted by atomic mass is 10.2. The molecule has 1 heterocycles. The Bertz CT molecular complexity index is 447. The lowest BCUT2D eigenvalue weighted by Gasteiger charge is -2.00. The van der Waals surface area contributed by atoms with E-state index in [0.717, 1.165) is 11.5 Å². The monoisotopic (exact) mass is 202 g/mol. The fraction of sp³-hybridized carbons (Fsp3) is 0.273. The van der Waals surface area contributed by atoms with Gasteiger partial charge in [-0.2, -0.15) is 0 Å². The Kier molecular flexibility index (Phi) is 2.78. The van der Waals surface area contributed by atoms with Gasteiger partial charge in [0.1, 0.15) is 6.33 Å². The number of nitrogens with one attached hydrogen (secondary N) is 1. The maximum atomic E-state index is 4.35. The highest BCUT2D eigenvalue weighted by Crippen LogP contribution is 2.08. The first-order chi connectivity index (χ1) is 7.29. The summed E-state index contributed by atoms with van der Waals surface area (Å²) in [6.07, 6.45) is 1.74. The van der Waals surface area contributed by atoms with Crippen LogP contribution in [0.1, 0.15) is 11.4 Å². The Morgan fingerprint density at radius 3 is 3.00 bits per heavy atom. The molecule has 0 bridgehead atoms. The summed E-state index contributed by atoms with van der Waals surface area (Å²) in [5.41, 5.74) is 2.27. The van der Waals surface area contributed by atoms with Crippen molar-refractivity contribution in [2.75, 3.05) is 7.05 Å². The van der Waals surface area contributed by atoms with Crippen molar-refractivity contribution in [3.8, 4) is 5.69 Å². The summed E-state index contributed by atoms with van der Waals surface area (Å²) in [5, 5.41) is 7.38. The highest BCUT2D eigenvalue weighted by atomic mass is 15.3. The molecule has 2 rings (SSSR count). The minimum Gasteiger partial charge on any atom is -0.313 e. The zero-order valence-electron chi connectivity index (χ0n) is 8.94. The van der Waals surface area contributed by atoms with E-state index in [4.69, 9.17) is 0 Å². The molecule has 0 saturated carbocycles. The molecule has 2 aromatic rings. The topological polar surface area (TPSA) is 42.7 Å². The van der Waals surface area contributed by atoms with Crippen LogP contribution < -0.4 is 5.32 Å². The molecule has 1 N–H and O–H groups in total. The Labute approximate surface area is 89.0 Å². The molecule has 0 saturated heterocycles. The number of aromatic nitrogens is 3. The van der Waals surface area contributed by atoms with Crippen molar-refractivity contribution in [3.63, 3.8) is 0 Å². The predicted octanol–water partition coefficient (Wildman–Crippen LogP) is 1.30. The summed E-state index contributed by atoms with van der Waals surface area (Å²) in [5.74, 6) is 0.805. The van der Waals surface area contributed by atoms with Crippen molar-refractivity contribution in [2.24, 2.45) is 0 Å². The highest BCUT2D eigenvalue weighted by Gasteiger charge is 2.01. The van der Waals surface area contributed by atoms with Crippen molar-refractivity contribution in [1.82, 2.24) is 20.1 Å². The number of aryl methyl sites for hydroxylation is 1. The zero-order chi connectivity index (χ0) is 10.7. The molecule has 15 heavy (non-hydrogen) atoms. The van der Waals surface area contributed by atoms with E-state index in [1.807, 2.05) is 19.2 Å². The van der Waals surface area contributed by atoms with Gasteiger partial charge in [0.05, 0.1) is 12.2 Å². The number of hydrogen-bond donors (Lipinski definition) is 1. The van der Waals surface area contributed by atoms with E-state index in [9.17, 15) is 0 Å². The van der Waals surface area contributed by atoms with E-state index in [1.165, 1.54) is 5.56 Å². The summed E-state index contributed by atoms with van der Waals surface area (Å²) in [6.45, 7) is 2.76. The van der Waals surface area contributed by atoms with E-state index in [0.29, 0.717) is 6.54 Å². The molecule has 0 aliphatic carbocycles. The fourth-order valence-corrected chi connectivity index (χ4v) is 1.43. The zero-order valence-corrected chi connectivity index (χ0v) is 8.94. The molecular weight excluding hydrogens is 188 g/mol. The lowest BCUT2D eigenvalue weighted by molar-refractivity contribution is 0.744. The Hall–Kier alpha value is -1.68. The van der Waals surface area contributed by atoms with Gasteiger partial charge < -0.3 is 5.32 Å². The molecule has 0 unspecified atom stereocenters. The van der Waals surface area contributed by atoms with Crippen LogP contribution in [0.15, 0.2) is 30.6 Å². The minimum absolute atomic E-state index is 0.693. The van der Waals surface area contributed by atoms with E-state index in [1.54, 1.807) is 11.0 Å². The van der Waals surface area contributed by atoms with Gasteiger partial charge in [-0.05, 0) is 31.7 Å². The van der Waals surface area contributed by atoms with Gasteiger partial charge in [0.2, 0.25) is 0 Å². The van der Waals surface area contributed by atoms with Gasteiger partial charge in [0, 0.05) is 0 Å². The van der Waals surface area contributed by atoms with Gasteiger partial charge in [0.25, 0.3) is 0 Å². The van der Waals surface area contributed by atoms with Crippen molar-refractivity contribution in [1.29, 1.82) is 0 Å². The van der Waals surface area contributed by atoms with Crippen LogP contribution in [0.25, 0.3) is 5.69 Å². The first-order valence-electron chi connectivity index (χ1n) is 4.92. The average Bonchev–Trinajstić information content (AvgIpc) is 2.67. The van der Waals surface area contributed by atoms with Crippen LogP contribution in [0.2, 0.25) is 0 Å². The van der Waals surface area contributed by atoms with Gasteiger partial charge in [-0.3, -0.25) is 0 Å². The summed E-state index contributed by atoms with van der Waals surface area (Å²) in [6, 6.07) is 8.18. The normalized spacial score (nSPS) is 10.5. The molecule has 4 heteroatoms. The second-order valence-electron chi connectivity index (χ2n) is 3.47. The SMILES string of the molecule is CNCc1ncn(-c2cccc(C)c2)n1. The standard InChI is InChI=1S/C11H14N4/c1-9-4-3-5-10(6-9)15-8-13-11(14-15)7-12-2/h3-6,8,12H,7H2,1-2H3. The van der Waals surface area contributed by atoms with Crippen LogP contribution in [-0.4, -0.2) is 21.8 Å². The molecule has 0 fully saturated rings. The van der Waals surface area contributed by atoms with Crippen molar-refractivity contribution in [2.45, 2.75) is 13.5 Å². The molecule has 0 amide bonds. The lowest BCUT2D eigenvalue weighted by Crippen LogP contribution is -2.07. The number of hydrogen-bond acceptors (Lipinski definition) is 3. The molecule has 0 atom stereocenters. The van der Waals surface area contributed by atoms with Crippen LogP contribution >= 0.6 is 0 Å². The Morgan fingerprint density at radius 2 is 2.27 bits per heavy atom. The third-order valence-corrected chi connectivity index (χ3v) is 2.14. The van der Waals surface area contributed by atoms with Crippen molar-refractivity contribution < 1.29 is 0 Å². The second kappa shape index (κ2) is 4.23. The number of nitrogens with zero attached hydrogens (tertiary/aromatic N) is 3. The quantitative estimate of drug-likeness (QED) is 0.815. The van der Waals surface area contributed by atoms with Crippen LogP contribution in [0.5, 0.6) is 0 Å². The van der Waals surface area contributed by atoms with E-state index in [-0.39, 0.29) is 0 Å². The minimum atomic E-state index is 0.693. The Balaban J connectivity index is 2.29. The highest BCUT2D eigenvalue weighted by molar-refractivity contribution is 5.33. The second-order valence-corrected chi connectivity index (χ2v) is 3.47. The van der Waals surface area contributed by atoms with Crippen LogP contribution in [0, 0.1) is 6.92 Å². The molecule has 1 aromatic carbocycles. The molecule has 1 aromatic heterocycles. The van der Waals surface area contributed by atoms with Gasteiger partial charge in [-0.1, -0.05) is 12.1 Å². The molecule has 0 spiro atoms. The number of benzene rings is 1. The van der Waals surface area contributed by atoms with Gasteiger partial charge in [0.15, 0.2) is 5.82 Å². The first-order valence-corrected chi connectivity index (χ1v) is 4.92. The van der Waals surface area contributed by atoms with Crippen LogP contribution in [-0.2, 0) is 6.54 Å². The summed E-state index contributed by atoms with van der Waals surface area (Å²) in [7, 11) is 1.88. The fourth-order valence-electron chi connectivity index (χ4n) is 1.43. The first kappa shape index (κ1) is 9.86. The molecule has 78 valence electrons. The molecule has 0 radical (unpaired) electrons. The maximum absolute atomic E-state index is 4.35. The van der Waals surface area contributed by atoms with E-state index < -0.39 is 0 Å². The van der Waals surface area contributed by atoms with E-state index >= 15 is 0 Å². The predicted molar refractivity (Wildman–Crippen MR) is 58.9 cm³/mol. The molecule has 0 aliphatic heterocycles. The maximum Gasteiger partial charge on any atom is 0.164 e. The molecule has 0 aliphatic rings. The third-order valence-electron chi connectivity index (χ3n) is 2.14. The van der Waals surface area contributed by atoms with Crippen LogP contribution in [0.3, 0.4) is 0 Å². The molecular formula is C11H14N4. The van der Waals surface area contributed by atoms with Crippen molar-refractivity contribution >= 4 is 0 Å². The number of rotatable bonds is 3. The van der Waals surface area contributed by atoms with Crippen molar-refractivity contribution in [3.05, 3.63) is 42.0 Å². The van der Waals surface area contributed by atoms with Crippen LogP contribution in [0.4, 0.5) is 0 Å². The largest absolute Gasteiger partial charge is 0.313 e.